The van der Waals surface area contributed by atoms with E-state index >= 15 is 0 Å². The highest BCUT2D eigenvalue weighted by molar-refractivity contribution is 7.11. The Balaban J connectivity index is 1.47. The van der Waals surface area contributed by atoms with Crippen molar-refractivity contribution in [1.29, 1.82) is 0 Å². The lowest BCUT2D eigenvalue weighted by atomic mass is 10.2. The van der Waals surface area contributed by atoms with E-state index < -0.39 is 34.9 Å². The number of anilines is 1. The second-order valence-electron chi connectivity index (χ2n) is 7.52. The molecule has 0 bridgehead atoms. The first-order valence-corrected chi connectivity index (χ1v) is 11.2. The average molecular weight is 527 g/mol. The number of nitrogens with one attached hydrogen (secondary N) is 2. The van der Waals surface area contributed by atoms with Crippen LogP contribution in [0.2, 0.25) is 5.02 Å². The third kappa shape index (κ3) is 5.04. The van der Waals surface area contributed by atoms with E-state index in [2.05, 4.69) is 35.7 Å². The van der Waals surface area contributed by atoms with E-state index in [1.807, 2.05) is 0 Å². The van der Waals surface area contributed by atoms with Crippen molar-refractivity contribution in [2.75, 3.05) is 5.32 Å². The summed E-state index contributed by atoms with van der Waals surface area (Å²) in [5.74, 6) is -0.674. The van der Waals surface area contributed by atoms with Crippen LogP contribution in [-0.4, -0.2) is 40.7 Å². The molecule has 1 unspecified atom stereocenters. The summed E-state index contributed by atoms with van der Waals surface area (Å²) in [6, 6.07) is 0.153. The lowest BCUT2D eigenvalue weighted by Gasteiger charge is -2.14. The van der Waals surface area contributed by atoms with Crippen molar-refractivity contribution in [3.05, 3.63) is 56.6 Å². The van der Waals surface area contributed by atoms with Gasteiger partial charge in [-0.15, -0.1) is 11.3 Å². The van der Waals surface area contributed by atoms with E-state index in [0.717, 1.165) is 17.5 Å². The molecule has 4 rings (SSSR count). The Kier molecular flexibility index (Phi) is 6.62. The number of halogens is 4. The lowest BCUT2D eigenvalue weighted by molar-refractivity contribution is -0.137. The van der Waals surface area contributed by atoms with Crippen LogP contribution in [0.5, 0.6) is 0 Å². The van der Waals surface area contributed by atoms with Gasteiger partial charge in [0.05, 0.1) is 32.6 Å². The molecule has 3 N–H and O–H groups in total. The van der Waals surface area contributed by atoms with E-state index in [1.54, 1.807) is 25.6 Å². The van der Waals surface area contributed by atoms with Crippen molar-refractivity contribution >= 4 is 45.7 Å². The molecule has 4 aromatic rings. The van der Waals surface area contributed by atoms with Crippen molar-refractivity contribution in [3.63, 3.8) is 0 Å². The largest absolute Gasteiger partial charge is 0.418 e. The van der Waals surface area contributed by atoms with Crippen molar-refractivity contribution in [1.82, 2.24) is 35.0 Å². The predicted octanol–water partition coefficient (Wildman–Crippen LogP) is 3.79. The Morgan fingerprint density at radius 1 is 1.23 bits per heavy atom. The summed E-state index contributed by atoms with van der Waals surface area (Å²) in [6.45, 7) is 3.45. The number of aromatic nitrogens is 6. The number of amides is 1. The topological polar surface area (TPSA) is 131 Å². The molecule has 0 aliphatic heterocycles. The second kappa shape index (κ2) is 9.36. The van der Waals surface area contributed by atoms with Crippen LogP contribution in [0.1, 0.15) is 50.8 Å². The van der Waals surface area contributed by atoms with E-state index in [9.17, 15) is 23.1 Å². The minimum atomic E-state index is -4.67. The molecule has 4 heterocycles. The molecular formula is C20H18ClF3N8O2S. The summed E-state index contributed by atoms with van der Waals surface area (Å²) in [6.07, 6.45) is -2.57. The average Bonchev–Trinajstić information content (AvgIpc) is 3.39. The van der Waals surface area contributed by atoms with Crippen LogP contribution in [0.3, 0.4) is 0 Å². The van der Waals surface area contributed by atoms with Crippen molar-refractivity contribution < 1.29 is 23.1 Å². The maximum Gasteiger partial charge on any atom is 0.418 e. The number of aryl methyl sites for hydroxylation is 2. The second-order valence-corrected chi connectivity index (χ2v) is 9.02. The van der Waals surface area contributed by atoms with Gasteiger partial charge in [-0.3, -0.25) is 9.48 Å². The fraction of sp³-hybridized carbons (Fsp3) is 0.300. The number of carbonyl (C=O) groups excluding carboxylic acids is 1. The molecule has 4 aromatic heterocycles. The normalized spacial score (nSPS) is 13.6. The third-order valence-corrected chi connectivity index (χ3v) is 6.52. The van der Waals surface area contributed by atoms with E-state index in [-0.39, 0.29) is 11.5 Å². The molecule has 0 aliphatic rings. The zero-order valence-corrected chi connectivity index (χ0v) is 20.0. The van der Waals surface area contributed by atoms with Gasteiger partial charge in [-0.2, -0.15) is 18.3 Å². The number of carbonyl (C=O) groups is 1. The highest BCUT2D eigenvalue weighted by atomic mass is 35.5. The summed E-state index contributed by atoms with van der Waals surface area (Å²) < 4.78 is 40.7. The molecular weight excluding hydrogens is 509 g/mol. The summed E-state index contributed by atoms with van der Waals surface area (Å²) in [5, 5.41) is 20.4. The highest BCUT2D eigenvalue weighted by Gasteiger charge is 2.34. The number of hydrogen-bond acceptors (Lipinski definition) is 9. The lowest BCUT2D eigenvalue weighted by Crippen LogP contribution is -2.27. The van der Waals surface area contributed by atoms with Crippen molar-refractivity contribution in [2.45, 2.75) is 32.3 Å². The summed E-state index contributed by atoms with van der Waals surface area (Å²) >= 11 is 6.64. The first kappa shape index (κ1) is 24.8. The van der Waals surface area contributed by atoms with Gasteiger partial charge in [-0.1, -0.05) is 11.6 Å². The molecule has 35 heavy (non-hydrogen) atoms. The smallest absolute Gasteiger partial charge is 0.369 e. The monoisotopic (exact) mass is 526 g/mol. The van der Waals surface area contributed by atoms with Gasteiger partial charge in [0.15, 0.2) is 11.9 Å². The number of hydrogen-bond donors (Lipinski definition) is 3. The zero-order valence-electron chi connectivity index (χ0n) is 18.4. The molecule has 10 nitrogen and oxygen atoms in total. The van der Waals surface area contributed by atoms with Crippen molar-refractivity contribution in [2.24, 2.45) is 7.05 Å². The molecule has 0 fully saturated rings. The minimum absolute atomic E-state index is 0.167. The number of nitrogens with zero attached hydrogens (tertiary/aromatic N) is 6. The van der Waals surface area contributed by atoms with E-state index in [1.165, 1.54) is 12.5 Å². The Bertz CT molecular complexity index is 1410. The molecule has 0 spiro atoms. The number of pyridine rings is 1. The van der Waals surface area contributed by atoms with Crippen LogP contribution in [0.25, 0.3) is 11.0 Å². The number of aliphatic hydroxyl groups excluding tert-OH is 1. The van der Waals surface area contributed by atoms with Crippen LogP contribution in [-0.2, 0) is 13.2 Å². The molecule has 0 aliphatic carbocycles. The predicted molar refractivity (Wildman–Crippen MR) is 122 cm³/mol. The van der Waals surface area contributed by atoms with Gasteiger partial charge in [0.2, 0.25) is 0 Å². The standard InChI is InChI=1S/C20H18ClF3N8O2S/c1-8-14-15(27-7-28-16(14)32(3)31-8)18(34)29-9(2)19-26-6-12(35-19)17(33)30-13-4-10(20(22,23)24)11(21)5-25-13/h4-7,9,17,33H,1-3H3,(H,25,30)(H,29,34)/t9-,17?/m0/s1. The Morgan fingerprint density at radius 3 is 2.69 bits per heavy atom. The van der Waals surface area contributed by atoms with E-state index in [0.29, 0.717) is 32.7 Å². The summed E-state index contributed by atoms with van der Waals surface area (Å²) in [4.78, 5) is 29.4. The summed E-state index contributed by atoms with van der Waals surface area (Å²) in [5.41, 5.74) is 0.217. The SMILES string of the molecule is Cc1nn(C)c2ncnc(C(=O)N[C@@H](C)c3ncc(C(O)Nc4cc(C(F)(F)F)c(Cl)cn4)s3)c12. The number of alkyl halides is 3. The van der Waals surface area contributed by atoms with Gasteiger partial charge < -0.3 is 15.7 Å². The quantitative estimate of drug-likeness (QED) is 0.323. The van der Waals surface area contributed by atoms with Crippen LogP contribution in [0.4, 0.5) is 19.0 Å². The molecule has 0 radical (unpaired) electrons. The Hall–Kier alpha value is -3.36. The molecule has 0 saturated carbocycles. The molecule has 15 heteroatoms. The minimum Gasteiger partial charge on any atom is -0.369 e. The number of aliphatic hydroxyl groups is 1. The van der Waals surface area contributed by atoms with Gasteiger partial charge in [0.1, 0.15) is 22.8 Å². The molecule has 0 aromatic carbocycles. The number of rotatable bonds is 6. The first-order chi connectivity index (χ1) is 16.5. The van der Waals surface area contributed by atoms with Gasteiger partial charge in [-0.25, -0.2) is 19.9 Å². The van der Waals surface area contributed by atoms with Crippen molar-refractivity contribution in [3.8, 4) is 0 Å². The molecule has 1 amide bonds. The number of fused-ring (bicyclic) bond motifs is 1. The van der Waals surface area contributed by atoms with Gasteiger partial charge in [0.25, 0.3) is 5.91 Å². The molecule has 0 saturated heterocycles. The Labute approximate surface area is 205 Å². The van der Waals surface area contributed by atoms with Crippen LogP contribution >= 0.6 is 22.9 Å². The summed E-state index contributed by atoms with van der Waals surface area (Å²) in [7, 11) is 1.71. The third-order valence-electron chi connectivity index (χ3n) is 4.98. The maximum absolute atomic E-state index is 13.1. The van der Waals surface area contributed by atoms with E-state index in [4.69, 9.17) is 11.6 Å². The van der Waals surface area contributed by atoms with Gasteiger partial charge in [-0.05, 0) is 19.9 Å². The molecule has 184 valence electrons. The van der Waals surface area contributed by atoms with Crippen LogP contribution in [0.15, 0.2) is 24.8 Å². The Morgan fingerprint density at radius 2 is 1.97 bits per heavy atom. The fourth-order valence-corrected chi connectivity index (χ4v) is 4.42. The molecule has 2 atom stereocenters. The first-order valence-electron chi connectivity index (χ1n) is 10.0. The maximum atomic E-state index is 13.1. The zero-order chi connectivity index (χ0) is 25.5. The van der Waals surface area contributed by atoms with Crippen LogP contribution < -0.4 is 10.6 Å². The highest BCUT2D eigenvalue weighted by Crippen LogP contribution is 2.36. The number of thiazole rings is 1. The van der Waals surface area contributed by atoms with Gasteiger partial charge in [0, 0.05) is 19.4 Å². The van der Waals surface area contributed by atoms with Crippen LogP contribution in [0, 0.1) is 6.92 Å². The fourth-order valence-electron chi connectivity index (χ4n) is 3.35. The van der Waals surface area contributed by atoms with Gasteiger partial charge >= 0.3 is 6.18 Å².